The molecule has 8 nitrogen and oxygen atoms in total. The molecule has 2 heterocycles. The number of nitrogens with zero attached hydrogens (tertiary/aromatic N) is 2. The molecule has 0 bridgehead atoms. The molecule has 0 atom stereocenters. The van der Waals surface area contributed by atoms with E-state index in [1.165, 1.54) is 4.68 Å². The normalized spacial score (nSPS) is 12.6. The Hall–Kier alpha value is -3.03. The highest BCUT2D eigenvalue weighted by molar-refractivity contribution is 5.98. The van der Waals surface area contributed by atoms with Crippen molar-refractivity contribution in [2.75, 3.05) is 25.1 Å². The summed E-state index contributed by atoms with van der Waals surface area (Å²) in [6.07, 6.45) is 0. The van der Waals surface area contributed by atoms with Crippen molar-refractivity contribution >= 4 is 17.5 Å². The zero-order valence-corrected chi connectivity index (χ0v) is 13.5. The van der Waals surface area contributed by atoms with Gasteiger partial charge in [0.1, 0.15) is 18.9 Å². The number of fused-ring (bicyclic) bond motifs is 1. The van der Waals surface area contributed by atoms with E-state index in [-0.39, 0.29) is 18.4 Å². The summed E-state index contributed by atoms with van der Waals surface area (Å²) in [6.45, 7) is 2.64. The number of aryl methyl sites for hydroxylation is 2. The summed E-state index contributed by atoms with van der Waals surface area (Å²) in [4.78, 5) is 24.0. The Morgan fingerprint density at radius 3 is 2.67 bits per heavy atom. The van der Waals surface area contributed by atoms with Crippen LogP contribution >= 0.6 is 0 Å². The highest BCUT2D eigenvalue weighted by Crippen LogP contribution is 2.32. The van der Waals surface area contributed by atoms with Crippen LogP contribution < -0.4 is 20.1 Å². The summed E-state index contributed by atoms with van der Waals surface area (Å²) in [5.41, 5.74) is 1.72. The lowest BCUT2D eigenvalue weighted by Gasteiger charge is -2.19. The molecule has 2 N–H and O–H groups in total. The van der Waals surface area contributed by atoms with Crippen molar-refractivity contribution in [3.05, 3.63) is 35.7 Å². The van der Waals surface area contributed by atoms with Crippen molar-refractivity contribution in [1.82, 2.24) is 15.1 Å². The molecule has 2 amide bonds. The first kappa shape index (κ1) is 15.9. The molecule has 0 aliphatic carbocycles. The van der Waals surface area contributed by atoms with Crippen LogP contribution in [0.1, 0.15) is 16.2 Å². The van der Waals surface area contributed by atoms with Gasteiger partial charge in [-0.3, -0.25) is 14.3 Å². The van der Waals surface area contributed by atoms with Crippen LogP contribution in [0.15, 0.2) is 24.3 Å². The van der Waals surface area contributed by atoms with Crippen LogP contribution in [-0.2, 0) is 11.8 Å². The van der Waals surface area contributed by atoms with Gasteiger partial charge in [0.2, 0.25) is 5.91 Å². The molecule has 0 unspecified atom stereocenters. The first-order valence-electron chi connectivity index (χ1n) is 7.51. The Labute approximate surface area is 138 Å². The standard InChI is InChI=1S/C16H18N4O4/c1-10-7-12(20(2)19-10)16(22)17-9-15(21)18-11-3-4-13-14(8-11)24-6-5-23-13/h3-4,7-8H,5-6,9H2,1-2H3,(H,17,22)(H,18,21). The minimum Gasteiger partial charge on any atom is -0.486 e. The summed E-state index contributed by atoms with van der Waals surface area (Å²) in [7, 11) is 1.68. The number of nitrogens with one attached hydrogen (secondary N) is 2. The Kier molecular flexibility index (Phi) is 4.37. The third kappa shape index (κ3) is 3.48. The zero-order chi connectivity index (χ0) is 17.1. The van der Waals surface area contributed by atoms with E-state index in [1.54, 1.807) is 38.2 Å². The lowest BCUT2D eigenvalue weighted by Crippen LogP contribution is -2.33. The molecule has 1 aromatic carbocycles. The van der Waals surface area contributed by atoms with E-state index in [1.807, 2.05) is 0 Å². The van der Waals surface area contributed by atoms with Crippen LogP contribution in [0.3, 0.4) is 0 Å². The zero-order valence-electron chi connectivity index (χ0n) is 13.5. The number of amides is 2. The van der Waals surface area contributed by atoms with Gasteiger partial charge in [0.15, 0.2) is 11.5 Å². The molecule has 24 heavy (non-hydrogen) atoms. The number of anilines is 1. The topological polar surface area (TPSA) is 94.5 Å². The SMILES string of the molecule is Cc1cc(C(=O)NCC(=O)Nc2ccc3c(c2)OCCO3)n(C)n1. The van der Waals surface area contributed by atoms with E-state index in [9.17, 15) is 9.59 Å². The number of carbonyl (C=O) groups is 2. The average Bonchev–Trinajstić information content (AvgIpc) is 2.91. The fourth-order valence-electron chi connectivity index (χ4n) is 2.40. The van der Waals surface area contributed by atoms with Crippen molar-refractivity contribution in [3.63, 3.8) is 0 Å². The summed E-state index contributed by atoms with van der Waals surface area (Å²) >= 11 is 0. The number of carbonyl (C=O) groups excluding carboxylic acids is 2. The maximum atomic E-state index is 12.0. The molecule has 3 rings (SSSR count). The van der Waals surface area contributed by atoms with Crippen LogP contribution in [0.2, 0.25) is 0 Å². The monoisotopic (exact) mass is 330 g/mol. The van der Waals surface area contributed by atoms with Gasteiger partial charge in [-0.1, -0.05) is 0 Å². The van der Waals surface area contributed by atoms with Gasteiger partial charge in [0, 0.05) is 18.8 Å². The third-order valence-electron chi connectivity index (χ3n) is 3.47. The molecule has 126 valence electrons. The maximum Gasteiger partial charge on any atom is 0.269 e. The van der Waals surface area contributed by atoms with E-state index >= 15 is 0 Å². The fourth-order valence-corrected chi connectivity index (χ4v) is 2.40. The molecular formula is C16H18N4O4. The molecule has 1 aliphatic heterocycles. The van der Waals surface area contributed by atoms with Gasteiger partial charge >= 0.3 is 0 Å². The van der Waals surface area contributed by atoms with E-state index in [0.29, 0.717) is 36.1 Å². The average molecular weight is 330 g/mol. The van der Waals surface area contributed by atoms with Gasteiger partial charge in [-0.15, -0.1) is 0 Å². The number of rotatable bonds is 4. The van der Waals surface area contributed by atoms with Crippen molar-refractivity contribution < 1.29 is 19.1 Å². The van der Waals surface area contributed by atoms with Crippen molar-refractivity contribution in [2.45, 2.75) is 6.92 Å². The second-order valence-corrected chi connectivity index (χ2v) is 5.38. The lowest BCUT2D eigenvalue weighted by molar-refractivity contribution is -0.115. The van der Waals surface area contributed by atoms with Crippen molar-refractivity contribution in [1.29, 1.82) is 0 Å². The van der Waals surface area contributed by atoms with Crippen LogP contribution in [0.4, 0.5) is 5.69 Å². The number of hydrogen-bond acceptors (Lipinski definition) is 5. The predicted molar refractivity (Wildman–Crippen MR) is 86.3 cm³/mol. The fraction of sp³-hybridized carbons (Fsp3) is 0.312. The number of hydrogen-bond donors (Lipinski definition) is 2. The molecule has 1 aliphatic rings. The molecular weight excluding hydrogens is 312 g/mol. The predicted octanol–water partition coefficient (Wildman–Crippen LogP) is 0.868. The molecule has 0 saturated heterocycles. The molecule has 8 heteroatoms. The first-order valence-corrected chi connectivity index (χ1v) is 7.51. The van der Waals surface area contributed by atoms with Crippen LogP contribution in [0, 0.1) is 6.92 Å². The number of ether oxygens (including phenoxy) is 2. The van der Waals surface area contributed by atoms with Gasteiger partial charge in [0.05, 0.1) is 12.2 Å². The highest BCUT2D eigenvalue weighted by Gasteiger charge is 2.15. The molecule has 0 spiro atoms. The molecule has 0 fully saturated rings. The highest BCUT2D eigenvalue weighted by atomic mass is 16.6. The van der Waals surface area contributed by atoms with Crippen molar-refractivity contribution in [2.24, 2.45) is 7.05 Å². The third-order valence-corrected chi connectivity index (χ3v) is 3.47. The minimum absolute atomic E-state index is 0.141. The Morgan fingerprint density at radius 2 is 1.96 bits per heavy atom. The smallest absolute Gasteiger partial charge is 0.269 e. The van der Waals surface area contributed by atoms with E-state index in [0.717, 1.165) is 5.69 Å². The van der Waals surface area contributed by atoms with Gasteiger partial charge < -0.3 is 20.1 Å². The number of aromatic nitrogens is 2. The van der Waals surface area contributed by atoms with Crippen LogP contribution in [-0.4, -0.2) is 41.4 Å². The van der Waals surface area contributed by atoms with Gasteiger partial charge in [0.25, 0.3) is 5.91 Å². The van der Waals surface area contributed by atoms with Crippen molar-refractivity contribution in [3.8, 4) is 11.5 Å². The minimum atomic E-state index is -0.351. The van der Waals surface area contributed by atoms with E-state index in [2.05, 4.69) is 15.7 Å². The molecule has 0 radical (unpaired) electrons. The lowest BCUT2D eigenvalue weighted by atomic mass is 10.2. The quantitative estimate of drug-likeness (QED) is 0.867. The summed E-state index contributed by atoms with van der Waals surface area (Å²) < 4.78 is 12.4. The molecule has 0 saturated carbocycles. The van der Waals surface area contributed by atoms with Gasteiger partial charge in [-0.2, -0.15) is 5.10 Å². The Bertz CT molecular complexity index is 784. The largest absolute Gasteiger partial charge is 0.486 e. The first-order chi connectivity index (χ1) is 11.5. The van der Waals surface area contributed by atoms with E-state index in [4.69, 9.17) is 9.47 Å². The summed E-state index contributed by atoms with van der Waals surface area (Å²) in [5, 5.41) is 9.37. The van der Waals surface area contributed by atoms with Gasteiger partial charge in [-0.25, -0.2) is 0 Å². The van der Waals surface area contributed by atoms with Crippen LogP contribution in [0.25, 0.3) is 0 Å². The Morgan fingerprint density at radius 1 is 1.21 bits per heavy atom. The summed E-state index contributed by atoms with van der Waals surface area (Å²) in [5.74, 6) is 0.557. The van der Waals surface area contributed by atoms with E-state index < -0.39 is 0 Å². The summed E-state index contributed by atoms with van der Waals surface area (Å²) in [6, 6.07) is 6.81. The molecule has 2 aromatic rings. The second-order valence-electron chi connectivity index (χ2n) is 5.38. The second kappa shape index (κ2) is 6.61. The maximum absolute atomic E-state index is 12.0. The van der Waals surface area contributed by atoms with Gasteiger partial charge in [-0.05, 0) is 25.1 Å². The van der Waals surface area contributed by atoms with Crippen LogP contribution in [0.5, 0.6) is 11.5 Å². The number of benzene rings is 1. The molecule has 1 aromatic heterocycles. The Balaban J connectivity index is 1.56.